The van der Waals surface area contributed by atoms with Crippen molar-refractivity contribution in [2.24, 2.45) is 5.41 Å². The number of ether oxygens (including phenoxy) is 2. The number of fused-ring (bicyclic) bond motifs is 1. The fourth-order valence-corrected chi connectivity index (χ4v) is 4.16. The first kappa shape index (κ1) is 22.7. The molecule has 0 radical (unpaired) electrons. The smallest absolute Gasteiger partial charge is 0.338 e. The molecule has 166 valence electrons. The first-order valence-electron chi connectivity index (χ1n) is 10.6. The largest absolute Gasteiger partial charge is 0.467 e. The van der Waals surface area contributed by atoms with Crippen LogP contribution in [0, 0.1) is 5.41 Å². The second-order valence-corrected chi connectivity index (χ2v) is 9.20. The summed E-state index contributed by atoms with van der Waals surface area (Å²) in [6.07, 6.45) is 0.818. The number of carbonyl (C=O) groups excluding carboxylic acids is 2. The fraction of sp³-hybridized carbons (Fsp3) is 0.440. The van der Waals surface area contributed by atoms with Gasteiger partial charge in [-0.2, -0.15) is 0 Å². The van der Waals surface area contributed by atoms with Crippen molar-refractivity contribution in [3.05, 3.63) is 59.2 Å². The minimum absolute atomic E-state index is 0.0661. The number of nitrogens with one attached hydrogen (secondary N) is 2. The normalized spacial score (nSPS) is 17.2. The third-order valence-corrected chi connectivity index (χ3v) is 5.72. The van der Waals surface area contributed by atoms with Crippen LogP contribution in [0.1, 0.15) is 62.1 Å². The fourth-order valence-electron chi connectivity index (χ4n) is 4.16. The quantitative estimate of drug-likeness (QED) is 0.638. The summed E-state index contributed by atoms with van der Waals surface area (Å²) < 4.78 is 10.0. The summed E-state index contributed by atoms with van der Waals surface area (Å²) in [6, 6.07) is 13.8. The second-order valence-electron chi connectivity index (χ2n) is 9.20. The number of hydrogen-bond acceptors (Lipinski definition) is 6. The van der Waals surface area contributed by atoms with Gasteiger partial charge in [0.1, 0.15) is 5.54 Å². The van der Waals surface area contributed by atoms with Crippen LogP contribution in [0.4, 0.5) is 11.4 Å². The van der Waals surface area contributed by atoms with Gasteiger partial charge >= 0.3 is 11.9 Å². The van der Waals surface area contributed by atoms with Gasteiger partial charge in [-0.25, -0.2) is 9.59 Å². The molecule has 31 heavy (non-hydrogen) atoms. The van der Waals surface area contributed by atoms with Gasteiger partial charge in [0.05, 0.1) is 25.3 Å². The Bertz CT molecular complexity index is 981. The molecule has 0 spiro atoms. The van der Waals surface area contributed by atoms with Crippen LogP contribution in [0.25, 0.3) is 0 Å². The van der Waals surface area contributed by atoms with Gasteiger partial charge in [-0.3, -0.25) is 0 Å². The van der Waals surface area contributed by atoms with Crippen molar-refractivity contribution in [3.8, 4) is 0 Å². The summed E-state index contributed by atoms with van der Waals surface area (Å²) in [5.74, 6) is -0.613. The molecule has 1 atom stereocenters. The van der Waals surface area contributed by atoms with Crippen LogP contribution >= 0.6 is 0 Å². The maximum atomic E-state index is 12.1. The van der Waals surface area contributed by atoms with Crippen molar-refractivity contribution in [2.45, 2.75) is 52.6 Å². The average Bonchev–Trinajstić information content (AvgIpc) is 2.71. The number of methoxy groups -OCH3 is 1. The van der Waals surface area contributed by atoms with Crippen LogP contribution in [0.3, 0.4) is 0 Å². The molecule has 6 heteroatoms. The Morgan fingerprint density at radius 3 is 2.61 bits per heavy atom. The molecule has 1 aliphatic heterocycles. The van der Waals surface area contributed by atoms with Crippen molar-refractivity contribution in [2.75, 3.05) is 24.4 Å². The molecule has 0 saturated heterocycles. The molecule has 3 rings (SSSR count). The monoisotopic (exact) mass is 424 g/mol. The first-order valence-corrected chi connectivity index (χ1v) is 10.6. The first-order chi connectivity index (χ1) is 14.6. The molecular weight excluding hydrogens is 392 g/mol. The Morgan fingerprint density at radius 2 is 1.94 bits per heavy atom. The molecule has 0 bridgehead atoms. The maximum absolute atomic E-state index is 12.1. The maximum Gasteiger partial charge on any atom is 0.338 e. The van der Waals surface area contributed by atoms with Gasteiger partial charge in [-0.15, -0.1) is 0 Å². The molecule has 2 N–H and O–H groups in total. The molecule has 0 fully saturated rings. The van der Waals surface area contributed by atoms with E-state index in [-0.39, 0.29) is 23.4 Å². The Hall–Kier alpha value is -3.02. The summed E-state index contributed by atoms with van der Waals surface area (Å²) in [4.78, 5) is 24.2. The highest BCUT2D eigenvalue weighted by Crippen LogP contribution is 2.45. The molecule has 0 saturated carbocycles. The van der Waals surface area contributed by atoms with Gasteiger partial charge < -0.3 is 20.1 Å². The van der Waals surface area contributed by atoms with Crippen LogP contribution in [0.5, 0.6) is 0 Å². The minimum atomic E-state index is -0.834. The lowest BCUT2D eigenvalue weighted by Gasteiger charge is -2.41. The summed E-state index contributed by atoms with van der Waals surface area (Å²) in [7, 11) is 1.39. The van der Waals surface area contributed by atoms with E-state index < -0.39 is 5.54 Å². The van der Waals surface area contributed by atoms with E-state index >= 15 is 0 Å². The Morgan fingerprint density at radius 1 is 1.19 bits per heavy atom. The SMILES string of the molecule is CCOC(=O)c1ccc2c(c1)CC(C)(C)C(c1cccc(NC(C)(C)C(=O)OC)c1)N2. The Labute approximate surface area is 184 Å². The standard InChI is InChI=1S/C25H32N2O4/c1-7-31-22(28)17-11-12-20-18(13-17)15-24(2,3)21(26-20)16-9-8-10-19(14-16)27-25(4,5)23(29)30-6/h8-14,21,26-27H,7,15H2,1-6H3. The van der Waals surface area contributed by atoms with E-state index in [9.17, 15) is 9.59 Å². The second kappa shape index (κ2) is 8.61. The van der Waals surface area contributed by atoms with Crippen molar-refractivity contribution in [3.63, 3.8) is 0 Å². The molecule has 0 aliphatic carbocycles. The van der Waals surface area contributed by atoms with E-state index in [1.54, 1.807) is 26.8 Å². The molecule has 2 aromatic carbocycles. The predicted octanol–water partition coefficient (Wildman–Crippen LogP) is 4.96. The van der Waals surface area contributed by atoms with Gasteiger partial charge in [0, 0.05) is 11.4 Å². The molecule has 1 unspecified atom stereocenters. The zero-order chi connectivity index (χ0) is 22.8. The summed E-state index contributed by atoms with van der Waals surface area (Å²) in [6.45, 7) is 10.2. The highest BCUT2D eigenvalue weighted by Gasteiger charge is 2.36. The zero-order valence-corrected chi connectivity index (χ0v) is 19.2. The van der Waals surface area contributed by atoms with E-state index in [1.807, 2.05) is 24.3 Å². The van der Waals surface area contributed by atoms with Crippen molar-refractivity contribution < 1.29 is 19.1 Å². The Balaban J connectivity index is 1.88. The van der Waals surface area contributed by atoms with E-state index in [0.29, 0.717) is 12.2 Å². The zero-order valence-electron chi connectivity index (χ0n) is 19.2. The summed E-state index contributed by atoms with van der Waals surface area (Å²) in [5.41, 5.74) is 3.74. The highest BCUT2D eigenvalue weighted by atomic mass is 16.5. The minimum Gasteiger partial charge on any atom is -0.467 e. The molecule has 0 aromatic heterocycles. The lowest BCUT2D eigenvalue weighted by Crippen LogP contribution is -2.41. The topological polar surface area (TPSA) is 76.7 Å². The third-order valence-electron chi connectivity index (χ3n) is 5.72. The van der Waals surface area contributed by atoms with Gasteiger partial charge in [0.2, 0.25) is 0 Å². The lowest BCUT2D eigenvalue weighted by molar-refractivity contribution is -0.144. The average molecular weight is 425 g/mol. The van der Waals surface area contributed by atoms with Gasteiger partial charge in [-0.1, -0.05) is 26.0 Å². The number of anilines is 2. The summed E-state index contributed by atoms with van der Waals surface area (Å²) >= 11 is 0. The highest BCUT2D eigenvalue weighted by molar-refractivity contribution is 5.90. The number of rotatable bonds is 6. The van der Waals surface area contributed by atoms with Crippen LogP contribution < -0.4 is 10.6 Å². The molecule has 1 heterocycles. The van der Waals surface area contributed by atoms with Crippen molar-refractivity contribution >= 4 is 23.3 Å². The van der Waals surface area contributed by atoms with Crippen LogP contribution in [-0.2, 0) is 20.7 Å². The lowest BCUT2D eigenvalue weighted by atomic mass is 9.72. The molecule has 0 amide bonds. The van der Waals surface area contributed by atoms with Gasteiger partial charge in [0.15, 0.2) is 0 Å². The molecule has 6 nitrogen and oxygen atoms in total. The predicted molar refractivity (Wildman–Crippen MR) is 122 cm³/mol. The number of hydrogen-bond donors (Lipinski definition) is 2. The van der Waals surface area contributed by atoms with Gasteiger partial charge in [-0.05, 0) is 74.1 Å². The molecule has 2 aromatic rings. The van der Waals surface area contributed by atoms with Crippen LogP contribution in [0.2, 0.25) is 0 Å². The van der Waals surface area contributed by atoms with Gasteiger partial charge in [0.25, 0.3) is 0 Å². The van der Waals surface area contributed by atoms with Crippen LogP contribution in [-0.4, -0.2) is 31.2 Å². The molecular formula is C25H32N2O4. The van der Waals surface area contributed by atoms with E-state index in [1.165, 1.54) is 7.11 Å². The number of esters is 2. The van der Waals surface area contributed by atoms with E-state index in [2.05, 4.69) is 36.6 Å². The van der Waals surface area contributed by atoms with E-state index in [4.69, 9.17) is 9.47 Å². The third kappa shape index (κ3) is 4.84. The molecule has 1 aliphatic rings. The number of benzene rings is 2. The van der Waals surface area contributed by atoms with Crippen molar-refractivity contribution in [1.29, 1.82) is 0 Å². The van der Waals surface area contributed by atoms with E-state index in [0.717, 1.165) is 28.9 Å². The number of carbonyl (C=O) groups is 2. The Kier molecular flexibility index (Phi) is 6.30. The summed E-state index contributed by atoms with van der Waals surface area (Å²) in [5, 5.41) is 6.93. The van der Waals surface area contributed by atoms with Crippen molar-refractivity contribution in [1.82, 2.24) is 0 Å². The van der Waals surface area contributed by atoms with Crippen LogP contribution in [0.15, 0.2) is 42.5 Å².